The van der Waals surface area contributed by atoms with E-state index in [1.807, 2.05) is 23.6 Å². The van der Waals surface area contributed by atoms with Crippen LogP contribution in [0.4, 0.5) is 0 Å². The molecule has 2 aromatic heterocycles. The Kier molecular flexibility index (Phi) is 3.63. The van der Waals surface area contributed by atoms with Crippen molar-refractivity contribution in [3.8, 4) is 6.07 Å². The van der Waals surface area contributed by atoms with Crippen LogP contribution in [0, 0.1) is 18.3 Å². The summed E-state index contributed by atoms with van der Waals surface area (Å²) in [6.07, 6.45) is 2.34. The normalized spacial score (nSPS) is 10.9. The van der Waals surface area contributed by atoms with Crippen LogP contribution >= 0.6 is 11.6 Å². The highest BCUT2D eigenvalue weighted by Crippen LogP contribution is 2.20. The Morgan fingerprint density at radius 1 is 1.43 bits per heavy atom. The molecule has 6 heteroatoms. The second-order valence-electron chi connectivity index (χ2n) is 4.73. The van der Waals surface area contributed by atoms with Crippen LogP contribution in [0.25, 0.3) is 11.0 Å². The van der Waals surface area contributed by atoms with Gasteiger partial charge in [0.25, 0.3) is 0 Å². The van der Waals surface area contributed by atoms with Crippen molar-refractivity contribution in [2.45, 2.75) is 19.9 Å². The maximum Gasteiger partial charge on any atom is 0.214 e. The number of aryl methyl sites for hydroxylation is 2. The van der Waals surface area contributed by atoms with Gasteiger partial charge >= 0.3 is 0 Å². The Bertz CT molecular complexity index is 828. The van der Waals surface area contributed by atoms with E-state index in [0.29, 0.717) is 30.3 Å². The highest BCUT2D eigenvalue weighted by molar-refractivity contribution is 6.17. The number of fused-ring (bicyclic) bond motifs is 1. The van der Waals surface area contributed by atoms with E-state index in [1.54, 1.807) is 12.3 Å². The number of benzene rings is 1. The third-order valence-corrected chi connectivity index (χ3v) is 3.43. The average molecular weight is 301 g/mol. The average Bonchev–Trinajstić information content (AvgIpc) is 3.04. The van der Waals surface area contributed by atoms with Crippen LogP contribution in [0.3, 0.4) is 0 Å². The molecular formula is C15H13ClN4O. The number of halogens is 1. The van der Waals surface area contributed by atoms with Gasteiger partial charge in [-0.05, 0) is 25.1 Å². The minimum atomic E-state index is 0.478. The number of hydrogen-bond acceptors (Lipinski definition) is 4. The van der Waals surface area contributed by atoms with Crippen LogP contribution in [0.15, 0.2) is 28.8 Å². The molecule has 0 bridgehead atoms. The van der Waals surface area contributed by atoms with Gasteiger partial charge in [0.1, 0.15) is 18.1 Å². The third-order valence-electron chi connectivity index (χ3n) is 3.24. The molecule has 0 saturated carbocycles. The monoisotopic (exact) mass is 300 g/mol. The van der Waals surface area contributed by atoms with E-state index < -0.39 is 0 Å². The van der Waals surface area contributed by atoms with Gasteiger partial charge in [-0.25, -0.2) is 9.97 Å². The Hall–Kier alpha value is -2.32. The van der Waals surface area contributed by atoms with Crippen molar-refractivity contribution < 1.29 is 4.42 Å². The molecule has 0 spiro atoms. The number of nitriles is 1. The maximum absolute atomic E-state index is 9.06. The molecule has 0 aliphatic carbocycles. The van der Waals surface area contributed by atoms with Gasteiger partial charge in [0, 0.05) is 12.3 Å². The van der Waals surface area contributed by atoms with Gasteiger partial charge in [0.15, 0.2) is 0 Å². The highest BCUT2D eigenvalue weighted by atomic mass is 35.5. The van der Waals surface area contributed by atoms with Gasteiger partial charge < -0.3 is 8.98 Å². The van der Waals surface area contributed by atoms with E-state index in [1.165, 1.54) is 0 Å². The molecule has 0 atom stereocenters. The van der Waals surface area contributed by atoms with E-state index in [-0.39, 0.29) is 0 Å². The van der Waals surface area contributed by atoms with Crippen molar-refractivity contribution >= 4 is 22.6 Å². The molecule has 0 aliphatic rings. The number of oxazole rings is 1. The molecule has 0 amide bonds. The number of hydrogen-bond donors (Lipinski definition) is 0. The molecule has 0 N–H and O–H groups in total. The zero-order chi connectivity index (χ0) is 14.8. The molecule has 5 nitrogen and oxygen atoms in total. The topological polar surface area (TPSA) is 67.6 Å². The summed E-state index contributed by atoms with van der Waals surface area (Å²) >= 11 is 5.86. The number of nitrogens with zero attached hydrogens (tertiary/aromatic N) is 4. The van der Waals surface area contributed by atoms with Crippen molar-refractivity contribution in [2.75, 3.05) is 5.88 Å². The van der Waals surface area contributed by atoms with Gasteiger partial charge in [0.05, 0.1) is 28.9 Å². The predicted molar refractivity (Wildman–Crippen MR) is 79.2 cm³/mol. The van der Waals surface area contributed by atoms with Gasteiger partial charge in [-0.2, -0.15) is 5.26 Å². The summed E-state index contributed by atoms with van der Waals surface area (Å²) in [6.45, 7) is 2.33. The summed E-state index contributed by atoms with van der Waals surface area (Å²) in [5.74, 6) is 2.74. The molecule has 0 aliphatic heterocycles. The van der Waals surface area contributed by atoms with Gasteiger partial charge in [-0.15, -0.1) is 11.6 Å². The van der Waals surface area contributed by atoms with Crippen LogP contribution in [0.1, 0.15) is 23.0 Å². The summed E-state index contributed by atoms with van der Waals surface area (Å²) < 4.78 is 7.54. The Morgan fingerprint density at radius 2 is 2.29 bits per heavy atom. The minimum absolute atomic E-state index is 0.478. The van der Waals surface area contributed by atoms with Crippen molar-refractivity contribution in [3.63, 3.8) is 0 Å². The molecule has 1 aromatic carbocycles. The number of alkyl halides is 1. The van der Waals surface area contributed by atoms with Gasteiger partial charge in [0.2, 0.25) is 5.89 Å². The second kappa shape index (κ2) is 5.58. The highest BCUT2D eigenvalue weighted by Gasteiger charge is 2.13. The predicted octanol–water partition coefficient (Wildman–Crippen LogP) is 3.03. The molecule has 3 aromatic rings. The van der Waals surface area contributed by atoms with E-state index in [4.69, 9.17) is 21.3 Å². The van der Waals surface area contributed by atoms with Gasteiger partial charge in [-0.3, -0.25) is 0 Å². The maximum atomic E-state index is 9.06. The van der Waals surface area contributed by atoms with E-state index in [0.717, 1.165) is 22.6 Å². The van der Waals surface area contributed by atoms with Gasteiger partial charge in [-0.1, -0.05) is 0 Å². The second-order valence-corrected chi connectivity index (χ2v) is 5.11. The Morgan fingerprint density at radius 3 is 2.95 bits per heavy atom. The zero-order valence-corrected chi connectivity index (χ0v) is 12.3. The van der Waals surface area contributed by atoms with Crippen molar-refractivity contribution in [2.24, 2.45) is 0 Å². The van der Waals surface area contributed by atoms with Crippen molar-refractivity contribution in [1.82, 2.24) is 14.5 Å². The summed E-state index contributed by atoms with van der Waals surface area (Å²) in [5, 5.41) is 9.06. The first kappa shape index (κ1) is 13.7. The SMILES string of the molecule is Cc1cnc(Cn2c(CCCl)nc3ccc(C#N)cc32)o1. The minimum Gasteiger partial charge on any atom is -0.444 e. The van der Waals surface area contributed by atoms with E-state index in [9.17, 15) is 0 Å². The largest absolute Gasteiger partial charge is 0.444 e. The Balaban J connectivity index is 2.12. The Labute approximate surface area is 126 Å². The van der Waals surface area contributed by atoms with Crippen LogP contribution < -0.4 is 0 Å². The third kappa shape index (κ3) is 2.63. The molecule has 3 rings (SSSR count). The van der Waals surface area contributed by atoms with Crippen molar-refractivity contribution in [1.29, 1.82) is 5.26 Å². The summed E-state index contributed by atoms with van der Waals surface area (Å²) in [5.41, 5.74) is 2.34. The molecule has 0 radical (unpaired) electrons. The summed E-state index contributed by atoms with van der Waals surface area (Å²) in [6, 6.07) is 7.59. The first-order chi connectivity index (χ1) is 10.2. The van der Waals surface area contributed by atoms with E-state index >= 15 is 0 Å². The molecule has 0 saturated heterocycles. The van der Waals surface area contributed by atoms with Crippen molar-refractivity contribution in [3.05, 3.63) is 47.4 Å². The molecule has 21 heavy (non-hydrogen) atoms. The van der Waals surface area contributed by atoms with Crippen LogP contribution in [-0.4, -0.2) is 20.4 Å². The molecular weight excluding hydrogens is 288 g/mol. The molecule has 0 fully saturated rings. The lowest BCUT2D eigenvalue weighted by molar-refractivity contribution is 0.456. The molecule has 2 heterocycles. The first-order valence-electron chi connectivity index (χ1n) is 6.58. The van der Waals surface area contributed by atoms with E-state index in [2.05, 4.69) is 16.0 Å². The standard InChI is InChI=1S/C15H13ClN4O/c1-10-8-18-15(21-10)9-20-13-6-11(7-17)2-3-12(13)19-14(20)4-5-16/h2-3,6,8H,4-5,9H2,1H3. The quantitative estimate of drug-likeness (QED) is 0.695. The molecule has 106 valence electrons. The zero-order valence-electron chi connectivity index (χ0n) is 11.5. The summed E-state index contributed by atoms with van der Waals surface area (Å²) in [4.78, 5) is 8.81. The summed E-state index contributed by atoms with van der Waals surface area (Å²) in [7, 11) is 0. The molecule has 0 unspecified atom stereocenters. The smallest absolute Gasteiger partial charge is 0.214 e. The number of imidazole rings is 1. The fraction of sp³-hybridized carbons (Fsp3) is 0.267. The van der Waals surface area contributed by atoms with Crippen LogP contribution in [-0.2, 0) is 13.0 Å². The number of aromatic nitrogens is 3. The lowest BCUT2D eigenvalue weighted by Crippen LogP contribution is -2.06. The lowest BCUT2D eigenvalue weighted by Gasteiger charge is -2.05. The van der Waals surface area contributed by atoms with Crippen LogP contribution in [0.5, 0.6) is 0 Å². The fourth-order valence-corrected chi connectivity index (χ4v) is 2.47. The van der Waals surface area contributed by atoms with Crippen LogP contribution in [0.2, 0.25) is 0 Å². The lowest BCUT2D eigenvalue weighted by atomic mass is 10.2. The first-order valence-corrected chi connectivity index (χ1v) is 7.11. The number of rotatable bonds is 4. The fourth-order valence-electron chi connectivity index (χ4n) is 2.30.